The van der Waals surface area contributed by atoms with E-state index in [1.165, 1.54) is 0 Å². The van der Waals surface area contributed by atoms with Gasteiger partial charge in [0.05, 0.1) is 12.3 Å². The van der Waals surface area contributed by atoms with Crippen LogP contribution in [0.4, 0.5) is 0 Å². The zero-order valence-electron chi connectivity index (χ0n) is 9.86. The van der Waals surface area contributed by atoms with Gasteiger partial charge >= 0.3 is 0 Å². The largest absolute Gasteiger partial charge is 0.390 e. The summed E-state index contributed by atoms with van der Waals surface area (Å²) in [5.41, 5.74) is 0.589. The first-order chi connectivity index (χ1) is 8.03. The van der Waals surface area contributed by atoms with Crippen molar-refractivity contribution < 1.29 is 13.5 Å². The van der Waals surface area contributed by atoms with E-state index in [0.29, 0.717) is 12.2 Å². The molecular weight excluding hydrogens is 262 g/mol. The lowest BCUT2D eigenvalue weighted by molar-refractivity contribution is 0.273. The van der Waals surface area contributed by atoms with E-state index >= 15 is 0 Å². The summed E-state index contributed by atoms with van der Waals surface area (Å²) in [6.45, 7) is 1.60. The Morgan fingerprint density at radius 1 is 1.53 bits per heavy atom. The Balaban J connectivity index is 2.78. The molecule has 1 aromatic heterocycles. The lowest BCUT2D eigenvalue weighted by atomic mass is 10.4. The van der Waals surface area contributed by atoms with Gasteiger partial charge in [-0.05, 0) is 25.4 Å². The predicted octanol–water partition coefficient (Wildman–Crippen LogP) is 0.242. The van der Waals surface area contributed by atoms with Gasteiger partial charge in [-0.15, -0.1) is 0 Å². The molecule has 17 heavy (non-hydrogen) atoms. The van der Waals surface area contributed by atoms with Crippen LogP contribution in [0.15, 0.2) is 4.90 Å². The number of nitrogens with one attached hydrogen (secondary N) is 2. The number of sulfonamides is 1. The molecule has 1 heterocycles. The molecule has 0 spiro atoms. The van der Waals surface area contributed by atoms with E-state index in [1.54, 1.807) is 18.7 Å². The third kappa shape index (κ3) is 3.70. The second kappa shape index (κ2) is 6.39. The third-order valence-corrected chi connectivity index (χ3v) is 4.56. The number of rotatable bonds is 7. The van der Waals surface area contributed by atoms with Crippen molar-refractivity contribution in [3.8, 4) is 0 Å². The van der Waals surface area contributed by atoms with Gasteiger partial charge in [0.15, 0.2) is 0 Å². The number of aromatic amines is 1. The number of aliphatic hydroxyl groups is 1. The summed E-state index contributed by atoms with van der Waals surface area (Å²) in [5.74, 6) is 0.903. The summed E-state index contributed by atoms with van der Waals surface area (Å²) in [5, 5.41) is 15.3. The quantitative estimate of drug-likeness (QED) is 0.622. The van der Waals surface area contributed by atoms with Crippen LogP contribution in [0.5, 0.6) is 0 Å². The van der Waals surface area contributed by atoms with Crippen LogP contribution in [-0.4, -0.2) is 42.3 Å². The van der Waals surface area contributed by atoms with Crippen molar-refractivity contribution in [1.29, 1.82) is 0 Å². The second-order valence-electron chi connectivity index (χ2n) is 3.53. The van der Waals surface area contributed by atoms with E-state index in [1.807, 2.05) is 6.26 Å². The van der Waals surface area contributed by atoms with E-state index in [9.17, 15) is 8.42 Å². The van der Waals surface area contributed by atoms with Crippen molar-refractivity contribution >= 4 is 21.8 Å². The van der Waals surface area contributed by atoms with Crippen molar-refractivity contribution in [3.63, 3.8) is 0 Å². The first-order valence-electron chi connectivity index (χ1n) is 5.16. The summed E-state index contributed by atoms with van der Waals surface area (Å²) < 4.78 is 26.4. The van der Waals surface area contributed by atoms with Crippen molar-refractivity contribution in [2.75, 3.05) is 18.6 Å². The van der Waals surface area contributed by atoms with Crippen LogP contribution >= 0.6 is 11.8 Å². The number of H-pyrrole nitrogens is 1. The van der Waals surface area contributed by atoms with Gasteiger partial charge in [-0.25, -0.2) is 13.1 Å². The van der Waals surface area contributed by atoms with E-state index < -0.39 is 16.6 Å². The average molecular weight is 279 g/mol. The van der Waals surface area contributed by atoms with Crippen LogP contribution in [-0.2, 0) is 16.6 Å². The molecule has 0 aliphatic carbocycles. The van der Waals surface area contributed by atoms with E-state index in [0.717, 1.165) is 12.2 Å². The predicted molar refractivity (Wildman–Crippen MR) is 67.4 cm³/mol. The topological polar surface area (TPSA) is 95.1 Å². The normalized spacial score (nSPS) is 11.9. The molecule has 0 unspecified atom stereocenters. The Morgan fingerprint density at radius 3 is 2.82 bits per heavy atom. The van der Waals surface area contributed by atoms with Crippen molar-refractivity contribution in [3.05, 3.63) is 11.4 Å². The molecule has 0 fully saturated rings. The minimum absolute atomic E-state index is 0.0594. The highest BCUT2D eigenvalue weighted by Crippen LogP contribution is 2.17. The first-order valence-corrected chi connectivity index (χ1v) is 8.04. The minimum atomic E-state index is -3.58. The molecule has 0 aliphatic heterocycles. The molecule has 6 nitrogen and oxygen atoms in total. The fourth-order valence-electron chi connectivity index (χ4n) is 1.43. The number of hydrogen-bond acceptors (Lipinski definition) is 5. The Morgan fingerprint density at radius 2 is 2.24 bits per heavy atom. The fraction of sp³-hybridized carbons (Fsp3) is 0.667. The van der Waals surface area contributed by atoms with Gasteiger partial charge in [0.2, 0.25) is 10.0 Å². The maximum absolute atomic E-state index is 12.0. The highest BCUT2D eigenvalue weighted by Gasteiger charge is 2.23. The number of aromatic nitrogens is 2. The molecule has 0 atom stereocenters. The van der Waals surface area contributed by atoms with Crippen molar-refractivity contribution in [1.82, 2.24) is 14.9 Å². The maximum atomic E-state index is 12.0. The fourth-order valence-corrected chi connectivity index (χ4v) is 3.29. The van der Waals surface area contributed by atoms with Gasteiger partial charge in [-0.3, -0.25) is 5.10 Å². The van der Waals surface area contributed by atoms with Gasteiger partial charge in [0, 0.05) is 6.54 Å². The molecule has 0 aliphatic rings. The van der Waals surface area contributed by atoms with Gasteiger partial charge in [0.1, 0.15) is 10.6 Å². The molecule has 0 bridgehead atoms. The molecule has 0 aromatic carbocycles. The van der Waals surface area contributed by atoms with Crippen LogP contribution < -0.4 is 4.72 Å². The zero-order chi connectivity index (χ0) is 12.9. The second-order valence-corrected chi connectivity index (χ2v) is 6.22. The number of aliphatic hydroxyl groups excluding tert-OH is 1. The SMILES string of the molecule is CSCCCNS(=O)(=O)c1c(CO)n[nH]c1C. The summed E-state index contributed by atoms with van der Waals surface area (Å²) in [6, 6.07) is 0. The molecule has 1 rings (SSSR count). The standard InChI is InChI=1S/C9H17N3O3S2/c1-7-9(8(6-13)12-11-7)17(14,15)10-4-3-5-16-2/h10,13H,3-6H2,1-2H3,(H,11,12). The molecule has 8 heteroatoms. The smallest absolute Gasteiger partial charge is 0.244 e. The number of aryl methyl sites for hydroxylation is 1. The molecule has 1 aromatic rings. The average Bonchev–Trinajstić information content (AvgIpc) is 2.66. The van der Waals surface area contributed by atoms with Crippen LogP contribution in [0, 0.1) is 6.92 Å². The van der Waals surface area contributed by atoms with Gasteiger partial charge in [0.25, 0.3) is 0 Å². The Labute approximate surface area is 105 Å². The van der Waals surface area contributed by atoms with E-state index in [4.69, 9.17) is 5.11 Å². The maximum Gasteiger partial charge on any atom is 0.244 e. The molecule has 0 saturated carbocycles. The van der Waals surface area contributed by atoms with Crippen LogP contribution in [0.25, 0.3) is 0 Å². The van der Waals surface area contributed by atoms with Crippen molar-refractivity contribution in [2.24, 2.45) is 0 Å². The lowest BCUT2D eigenvalue weighted by Crippen LogP contribution is -2.26. The van der Waals surface area contributed by atoms with Gasteiger partial charge in [-0.1, -0.05) is 0 Å². The number of nitrogens with zero attached hydrogens (tertiary/aromatic N) is 1. The highest BCUT2D eigenvalue weighted by atomic mass is 32.2. The molecule has 3 N–H and O–H groups in total. The Kier molecular flexibility index (Phi) is 5.44. The van der Waals surface area contributed by atoms with E-state index in [-0.39, 0.29) is 10.6 Å². The Bertz CT molecular complexity index is 456. The lowest BCUT2D eigenvalue weighted by Gasteiger charge is -2.06. The van der Waals surface area contributed by atoms with Crippen LogP contribution in [0.2, 0.25) is 0 Å². The summed E-state index contributed by atoms with van der Waals surface area (Å²) in [7, 11) is -3.58. The third-order valence-electron chi connectivity index (χ3n) is 2.20. The molecule has 98 valence electrons. The van der Waals surface area contributed by atoms with Gasteiger partial charge in [-0.2, -0.15) is 16.9 Å². The number of hydrogen-bond donors (Lipinski definition) is 3. The van der Waals surface area contributed by atoms with Crippen molar-refractivity contribution in [2.45, 2.75) is 24.8 Å². The Hall–Kier alpha value is -0.570. The minimum Gasteiger partial charge on any atom is -0.390 e. The first kappa shape index (κ1) is 14.5. The summed E-state index contributed by atoms with van der Waals surface area (Å²) in [4.78, 5) is 0.0594. The highest BCUT2D eigenvalue weighted by molar-refractivity contribution is 7.98. The molecule has 0 amide bonds. The van der Waals surface area contributed by atoms with Crippen LogP contribution in [0.3, 0.4) is 0 Å². The number of thioether (sulfide) groups is 1. The molecule has 0 saturated heterocycles. The zero-order valence-corrected chi connectivity index (χ0v) is 11.5. The van der Waals surface area contributed by atoms with Crippen LogP contribution in [0.1, 0.15) is 17.8 Å². The van der Waals surface area contributed by atoms with Gasteiger partial charge < -0.3 is 5.11 Å². The summed E-state index contributed by atoms with van der Waals surface area (Å²) in [6.07, 6.45) is 2.74. The van der Waals surface area contributed by atoms with E-state index in [2.05, 4.69) is 14.9 Å². The monoisotopic (exact) mass is 279 g/mol. The summed E-state index contributed by atoms with van der Waals surface area (Å²) >= 11 is 1.67. The molecular formula is C9H17N3O3S2. The molecule has 0 radical (unpaired) electrons.